The van der Waals surface area contributed by atoms with Crippen LogP contribution in [0.2, 0.25) is 0 Å². The number of benzene rings is 1. The molecule has 0 saturated heterocycles. The molecule has 0 radical (unpaired) electrons. The smallest absolute Gasteiger partial charge is 0.303 e. The van der Waals surface area contributed by atoms with Crippen LogP contribution < -0.4 is 0 Å². The summed E-state index contributed by atoms with van der Waals surface area (Å²) < 4.78 is 27.5. The normalized spacial score (nSPS) is 16.3. The third-order valence-corrected chi connectivity index (χ3v) is 3.85. The van der Waals surface area contributed by atoms with E-state index in [-0.39, 0.29) is 11.1 Å². The van der Waals surface area contributed by atoms with Gasteiger partial charge in [0, 0.05) is 17.5 Å². The average Bonchev–Trinajstić information content (AvgIpc) is 2.46. The summed E-state index contributed by atoms with van der Waals surface area (Å²) in [7, 11) is 0. The largest absolute Gasteiger partial charge is 0.506 e. The Labute approximate surface area is 130 Å². The van der Waals surface area contributed by atoms with Gasteiger partial charge in [-0.15, -0.1) is 0 Å². The van der Waals surface area contributed by atoms with Crippen LogP contribution in [-0.2, 0) is 19.8 Å². The Bertz CT molecular complexity index is 762. The molecule has 0 fully saturated rings. The Morgan fingerprint density at radius 2 is 1.78 bits per heavy atom. The van der Waals surface area contributed by atoms with Gasteiger partial charge >= 0.3 is 5.97 Å². The van der Waals surface area contributed by atoms with Gasteiger partial charge in [0.2, 0.25) is 0 Å². The fourth-order valence-electron chi connectivity index (χ4n) is 2.63. The molecule has 0 bridgehead atoms. The van der Waals surface area contributed by atoms with E-state index in [1.54, 1.807) is 0 Å². The van der Waals surface area contributed by atoms with Crippen molar-refractivity contribution in [2.24, 2.45) is 0 Å². The molecule has 0 aliphatic heterocycles. The van der Waals surface area contributed by atoms with Gasteiger partial charge in [0.1, 0.15) is 11.3 Å². The monoisotopic (exact) mass is 324 g/mol. The van der Waals surface area contributed by atoms with E-state index in [1.807, 2.05) is 0 Å². The second-order valence-corrected chi connectivity index (χ2v) is 5.78. The van der Waals surface area contributed by atoms with Crippen molar-refractivity contribution in [1.82, 2.24) is 0 Å². The minimum Gasteiger partial charge on any atom is -0.506 e. The SMILES string of the molecule is CC1(C)C(=O)C(C(=O)CCC(=O)O)=C(O)c2ccc(F)c(F)c21. The summed E-state index contributed by atoms with van der Waals surface area (Å²) >= 11 is 0. The van der Waals surface area contributed by atoms with E-state index in [2.05, 4.69) is 0 Å². The minimum absolute atomic E-state index is 0.146. The van der Waals surface area contributed by atoms with Crippen molar-refractivity contribution in [2.45, 2.75) is 32.1 Å². The Balaban J connectivity index is 2.64. The van der Waals surface area contributed by atoms with E-state index < -0.39 is 58.8 Å². The molecule has 1 aliphatic carbocycles. The topological polar surface area (TPSA) is 91.7 Å². The van der Waals surface area contributed by atoms with Crippen molar-refractivity contribution in [3.05, 3.63) is 40.5 Å². The van der Waals surface area contributed by atoms with Crippen LogP contribution in [0.15, 0.2) is 17.7 Å². The number of fused-ring (bicyclic) bond motifs is 1. The molecule has 0 heterocycles. The molecule has 1 aromatic carbocycles. The number of carbonyl (C=O) groups excluding carboxylic acids is 2. The quantitative estimate of drug-likeness (QED) is 0.830. The Kier molecular flexibility index (Phi) is 4.07. The molecule has 2 N–H and O–H groups in total. The number of halogens is 2. The molecular weight excluding hydrogens is 310 g/mol. The van der Waals surface area contributed by atoms with Crippen molar-refractivity contribution in [2.75, 3.05) is 0 Å². The van der Waals surface area contributed by atoms with E-state index in [0.717, 1.165) is 12.1 Å². The maximum atomic E-state index is 14.1. The Morgan fingerprint density at radius 1 is 1.17 bits per heavy atom. The van der Waals surface area contributed by atoms with E-state index in [9.17, 15) is 28.3 Å². The fourth-order valence-corrected chi connectivity index (χ4v) is 2.63. The minimum atomic E-state index is -1.57. The van der Waals surface area contributed by atoms with Crippen LogP contribution in [0.3, 0.4) is 0 Å². The van der Waals surface area contributed by atoms with Gasteiger partial charge in [-0.2, -0.15) is 0 Å². The second-order valence-electron chi connectivity index (χ2n) is 5.78. The summed E-state index contributed by atoms with van der Waals surface area (Å²) in [5, 5.41) is 18.8. The number of aliphatic hydroxyl groups excluding tert-OH is 1. The van der Waals surface area contributed by atoms with Gasteiger partial charge in [-0.3, -0.25) is 14.4 Å². The number of hydrogen-bond acceptors (Lipinski definition) is 4. The van der Waals surface area contributed by atoms with Gasteiger partial charge in [0.25, 0.3) is 0 Å². The van der Waals surface area contributed by atoms with Gasteiger partial charge in [-0.05, 0) is 26.0 Å². The summed E-state index contributed by atoms with van der Waals surface area (Å²) in [6, 6.07) is 1.87. The molecule has 0 aromatic heterocycles. The van der Waals surface area contributed by atoms with Crippen LogP contribution in [0.25, 0.3) is 5.76 Å². The van der Waals surface area contributed by atoms with E-state index in [0.29, 0.717) is 0 Å². The molecule has 0 amide bonds. The second kappa shape index (κ2) is 5.57. The lowest BCUT2D eigenvalue weighted by Gasteiger charge is -2.32. The van der Waals surface area contributed by atoms with Crippen LogP contribution in [0, 0.1) is 11.6 Å². The van der Waals surface area contributed by atoms with Crippen LogP contribution in [-0.4, -0.2) is 27.7 Å². The number of carbonyl (C=O) groups is 3. The van der Waals surface area contributed by atoms with Crippen LogP contribution in [0.1, 0.15) is 37.8 Å². The van der Waals surface area contributed by atoms with Crippen molar-refractivity contribution < 1.29 is 33.4 Å². The number of carboxylic acids is 1. The maximum Gasteiger partial charge on any atom is 0.303 e. The predicted octanol–water partition coefficient (Wildman–Crippen LogP) is 2.53. The molecule has 0 saturated carbocycles. The van der Waals surface area contributed by atoms with Gasteiger partial charge in [-0.25, -0.2) is 8.78 Å². The first-order valence-corrected chi connectivity index (χ1v) is 6.81. The first kappa shape index (κ1) is 16.8. The highest BCUT2D eigenvalue weighted by Gasteiger charge is 2.45. The molecule has 0 unspecified atom stereocenters. The number of hydrogen-bond donors (Lipinski definition) is 2. The highest BCUT2D eigenvalue weighted by molar-refractivity contribution is 6.29. The highest BCUT2D eigenvalue weighted by atomic mass is 19.2. The lowest BCUT2D eigenvalue weighted by atomic mass is 9.69. The summed E-state index contributed by atoms with van der Waals surface area (Å²) in [6.07, 6.45) is -0.983. The van der Waals surface area contributed by atoms with Crippen molar-refractivity contribution >= 4 is 23.3 Å². The zero-order valence-corrected chi connectivity index (χ0v) is 12.4. The zero-order chi connectivity index (χ0) is 17.5. The van der Waals surface area contributed by atoms with Gasteiger partial charge in [-0.1, -0.05) is 0 Å². The first-order valence-electron chi connectivity index (χ1n) is 6.81. The van der Waals surface area contributed by atoms with E-state index >= 15 is 0 Å². The van der Waals surface area contributed by atoms with Crippen molar-refractivity contribution in [3.63, 3.8) is 0 Å². The molecule has 0 atom stereocenters. The predicted molar refractivity (Wildman–Crippen MR) is 75.8 cm³/mol. The molecule has 1 aliphatic rings. The van der Waals surface area contributed by atoms with Gasteiger partial charge < -0.3 is 10.2 Å². The van der Waals surface area contributed by atoms with Gasteiger partial charge in [0.15, 0.2) is 23.2 Å². The maximum absolute atomic E-state index is 14.1. The third kappa shape index (κ3) is 2.62. The molecule has 0 spiro atoms. The number of allylic oxidation sites excluding steroid dienone is 1. The summed E-state index contributed by atoms with van der Waals surface area (Å²) in [6.45, 7) is 2.63. The van der Waals surface area contributed by atoms with E-state index in [1.165, 1.54) is 13.8 Å². The van der Waals surface area contributed by atoms with Crippen molar-refractivity contribution in [1.29, 1.82) is 0 Å². The molecule has 5 nitrogen and oxygen atoms in total. The first-order chi connectivity index (χ1) is 10.6. The number of rotatable bonds is 4. The number of ketones is 2. The molecule has 1 aromatic rings. The van der Waals surface area contributed by atoms with Crippen molar-refractivity contribution in [3.8, 4) is 0 Å². The molecule has 23 heavy (non-hydrogen) atoms. The van der Waals surface area contributed by atoms with Crippen LogP contribution >= 0.6 is 0 Å². The summed E-state index contributed by atoms with van der Waals surface area (Å²) in [4.78, 5) is 35.1. The lowest BCUT2D eigenvalue weighted by Crippen LogP contribution is -2.39. The van der Waals surface area contributed by atoms with E-state index in [4.69, 9.17) is 5.11 Å². The molecule has 2 rings (SSSR count). The number of carboxylic acid groups (broad SMARTS) is 1. The highest BCUT2D eigenvalue weighted by Crippen LogP contribution is 2.41. The fraction of sp³-hybridized carbons (Fsp3) is 0.312. The molecule has 7 heteroatoms. The average molecular weight is 324 g/mol. The van der Waals surface area contributed by atoms with Crippen LogP contribution in [0.5, 0.6) is 0 Å². The number of aliphatic hydroxyl groups is 1. The Morgan fingerprint density at radius 3 is 2.35 bits per heavy atom. The molecule has 122 valence electrons. The number of Topliss-reactive ketones (excluding diaryl/α,β-unsaturated/α-hetero) is 2. The lowest BCUT2D eigenvalue weighted by molar-refractivity contribution is -0.138. The standard InChI is InChI=1S/C16H14F2O5/c1-16(2)12-7(3-4-8(17)13(12)18)14(22)11(15(16)23)9(19)5-6-10(20)21/h3-4,22H,5-6H2,1-2H3,(H,20,21). The number of aliphatic carboxylic acids is 1. The molecular formula is C16H14F2O5. The summed E-state index contributed by atoms with van der Waals surface area (Å²) in [5.74, 6) is -6.13. The third-order valence-electron chi connectivity index (χ3n) is 3.85. The zero-order valence-electron chi connectivity index (χ0n) is 12.4. The summed E-state index contributed by atoms with van der Waals surface area (Å²) in [5.41, 5.74) is -2.61. The van der Waals surface area contributed by atoms with Crippen LogP contribution in [0.4, 0.5) is 8.78 Å². The Hall–Kier alpha value is -2.57. The van der Waals surface area contributed by atoms with Gasteiger partial charge in [0.05, 0.1) is 11.8 Å².